The summed E-state index contributed by atoms with van der Waals surface area (Å²) in [5, 5.41) is 0. The van der Waals surface area contributed by atoms with Crippen molar-refractivity contribution < 1.29 is 22.3 Å². The van der Waals surface area contributed by atoms with Crippen molar-refractivity contribution in [3.8, 4) is 0 Å². The van der Waals surface area contributed by atoms with Gasteiger partial charge in [-0.2, -0.15) is 12.7 Å². The Morgan fingerprint density at radius 3 is 2.86 bits per heavy atom. The highest BCUT2D eigenvalue weighted by Crippen LogP contribution is 2.31. The summed E-state index contributed by atoms with van der Waals surface area (Å²) in [5.74, 6) is -0.960. The molecule has 6 nitrogen and oxygen atoms in total. The minimum absolute atomic E-state index is 0.0101. The number of rotatable bonds is 5. The van der Waals surface area contributed by atoms with E-state index < -0.39 is 22.0 Å². The number of methoxy groups -OCH3 is 1. The lowest BCUT2D eigenvalue weighted by atomic mass is 10.2. The van der Waals surface area contributed by atoms with Crippen LogP contribution in [0.3, 0.4) is 0 Å². The number of carbonyl (C=O) groups excluding carboxylic acids is 1. The smallest absolute Gasteiger partial charge is 0.306 e. The minimum atomic E-state index is -3.78. The average molecular weight is 316 g/mol. The van der Waals surface area contributed by atoms with Crippen LogP contribution < -0.4 is 4.31 Å². The molecule has 0 spiro atoms. The maximum absolute atomic E-state index is 13.3. The molecule has 0 saturated carbocycles. The molecule has 21 heavy (non-hydrogen) atoms. The first-order chi connectivity index (χ1) is 9.86. The molecule has 116 valence electrons. The average Bonchev–Trinajstić information content (AvgIpc) is 2.87. The quantitative estimate of drug-likeness (QED) is 0.758. The molecule has 2 rings (SSSR count). The normalized spacial score (nSPS) is 14.4. The Labute approximate surface area is 123 Å². The van der Waals surface area contributed by atoms with Crippen LogP contribution in [-0.4, -0.2) is 45.9 Å². The third kappa shape index (κ3) is 3.16. The monoisotopic (exact) mass is 316 g/mol. The molecule has 0 N–H and O–H groups in total. The molecule has 1 heterocycles. The number of ether oxygens (including phenoxy) is 1. The van der Waals surface area contributed by atoms with Crippen molar-refractivity contribution in [3.63, 3.8) is 0 Å². The van der Waals surface area contributed by atoms with Gasteiger partial charge in [0.1, 0.15) is 5.82 Å². The molecule has 0 aromatic heterocycles. The topological polar surface area (TPSA) is 66.9 Å². The molecule has 8 heteroatoms. The predicted octanol–water partition coefficient (Wildman–Crippen LogP) is 0.928. The fourth-order valence-corrected chi connectivity index (χ4v) is 3.60. The van der Waals surface area contributed by atoms with Crippen LogP contribution in [-0.2, 0) is 26.2 Å². The van der Waals surface area contributed by atoms with E-state index in [0.717, 1.165) is 9.87 Å². The molecule has 1 aliphatic heterocycles. The predicted molar refractivity (Wildman–Crippen MR) is 75.6 cm³/mol. The lowest BCUT2D eigenvalue weighted by molar-refractivity contribution is -0.140. The van der Waals surface area contributed by atoms with Crippen molar-refractivity contribution in [1.82, 2.24) is 4.31 Å². The Balaban J connectivity index is 2.18. The number of hydrogen-bond acceptors (Lipinski definition) is 4. The van der Waals surface area contributed by atoms with Gasteiger partial charge in [-0.15, -0.1) is 0 Å². The van der Waals surface area contributed by atoms with E-state index in [0.29, 0.717) is 12.1 Å². The highest BCUT2D eigenvalue weighted by Gasteiger charge is 2.32. The van der Waals surface area contributed by atoms with Crippen molar-refractivity contribution in [2.24, 2.45) is 0 Å². The molecule has 0 aliphatic carbocycles. The Bertz CT molecular complexity index is 648. The Kier molecular flexibility index (Phi) is 4.48. The fraction of sp³-hybridized carbons (Fsp3) is 0.462. The second-order valence-electron chi connectivity index (χ2n) is 4.75. The van der Waals surface area contributed by atoms with Crippen LogP contribution in [0.15, 0.2) is 18.2 Å². The van der Waals surface area contributed by atoms with E-state index in [4.69, 9.17) is 0 Å². The van der Waals surface area contributed by atoms with E-state index in [1.54, 1.807) is 6.07 Å². The molecule has 1 aromatic rings. The van der Waals surface area contributed by atoms with E-state index in [1.165, 1.54) is 30.6 Å². The van der Waals surface area contributed by atoms with Gasteiger partial charge in [-0.05, 0) is 24.1 Å². The first-order valence-electron chi connectivity index (χ1n) is 6.45. The fourth-order valence-electron chi connectivity index (χ4n) is 2.20. The number of benzene rings is 1. The lowest BCUT2D eigenvalue weighted by Gasteiger charge is -2.25. The van der Waals surface area contributed by atoms with Crippen LogP contribution >= 0.6 is 0 Å². The number of halogens is 1. The zero-order chi connectivity index (χ0) is 15.6. The van der Waals surface area contributed by atoms with Gasteiger partial charge in [-0.3, -0.25) is 9.10 Å². The van der Waals surface area contributed by atoms with E-state index in [1.807, 2.05) is 0 Å². The van der Waals surface area contributed by atoms with E-state index in [-0.39, 0.29) is 19.5 Å². The number of hydrogen-bond donors (Lipinski definition) is 0. The molecule has 0 atom stereocenters. The summed E-state index contributed by atoms with van der Waals surface area (Å²) in [7, 11) is -1.15. The summed E-state index contributed by atoms with van der Waals surface area (Å²) in [6, 6.07) is 4.12. The molecule has 0 bridgehead atoms. The molecule has 1 aromatic carbocycles. The number of carbonyl (C=O) groups is 1. The Hall–Kier alpha value is -1.67. The molecular formula is C13H17FN2O4S. The van der Waals surface area contributed by atoms with Gasteiger partial charge in [0.25, 0.3) is 0 Å². The molecule has 0 fully saturated rings. The van der Waals surface area contributed by atoms with E-state index in [9.17, 15) is 17.6 Å². The lowest BCUT2D eigenvalue weighted by Crippen LogP contribution is -2.42. The van der Waals surface area contributed by atoms with Gasteiger partial charge in [-0.1, -0.05) is 6.07 Å². The number of nitrogens with zero attached hydrogens (tertiary/aromatic N) is 2. The number of esters is 1. The van der Waals surface area contributed by atoms with Crippen LogP contribution in [0, 0.1) is 5.82 Å². The Morgan fingerprint density at radius 2 is 2.19 bits per heavy atom. The highest BCUT2D eigenvalue weighted by molar-refractivity contribution is 7.90. The molecule has 0 saturated heterocycles. The summed E-state index contributed by atoms with van der Waals surface area (Å²) in [6.45, 7) is 0.278. The van der Waals surface area contributed by atoms with Crippen LogP contribution in [0.25, 0.3) is 0 Å². The number of fused-ring (bicyclic) bond motifs is 1. The number of anilines is 1. The van der Waals surface area contributed by atoms with Gasteiger partial charge in [-0.25, -0.2) is 4.39 Å². The van der Waals surface area contributed by atoms with Gasteiger partial charge < -0.3 is 4.74 Å². The summed E-state index contributed by atoms with van der Waals surface area (Å²) in [5.41, 5.74) is 1.15. The van der Waals surface area contributed by atoms with E-state index in [2.05, 4.69) is 4.74 Å². The van der Waals surface area contributed by atoms with Crippen molar-refractivity contribution in [2.45, 2.75) is 12.8 Å². The highest BCUT2D eigenvalue weighted by atomic mass is 32.2. The molecular weight excluding hydrogens is 299 g/mol. The van der Waals surface area contributed by atoms with Crippen molar-refractivity contribution >= 4 is 21.9 Å². The van der Waals surface area contributed by atoms with Gasteiger partial charge >= 0.3 is 16.2 Å². The first-order valence-corrected chi connectivity index (χ1v) is 7.85. The maximum atomic E-state index is 13.3. The second-order valence-corrected chi connectivity index (χ2v) is 6.71. The van der Waals surface area contributed by atoms with Crippen LogP contribution in [0.1, 0.15) is 12.0 Å². The summed E-state index contributed by atoms with van der Waals surface area (Å²) in [4.78, 5) is 11.1. The zero-order valence-corrected chi connectivity index (χ0v) is 12.7. The molecule has 0 amide bonds. The summed E-state index contributed by atoms with van der Waals surface area (Å²) in [6.07, 6.45) is 0.510. The van der Waals surface area contributed by atoms with Crippen LogP contribution in [0.5, 0.6) is 0 Å². The third-order valence-electron chi connectivity index (χ3n) is 3.43. The zero-order valence-electron chi connectivity index (χ0n) is 11.9. The largest absolute Gasteiger partial charge is 0.469 e. The first kappa shape index (κ1) is 15.7. The molecule has 0 radical (unpaired) electrons. The van der Waals surface area contributed by atoms with Gasteiger partial charge in [0, 0.05) is 20.1 Å². The Morgan fingerprint density at radius 1 is 1.48 bits per heavy atom. The summed E-state index contributed by atoms with van der Waals surface area (Å²) >= 11 is 0. The second kappa shape index (κ2) is 5.98. The van der Waals surface area contributed by atoms with Crippen molar-refractivity contribution in [1.29, 1.82) is 0 Å². The van der Waals surface area contributed by atoms with Crippen molar-refractivity contribution in [2.75, 3.05) is 31.6 Å². The molecule has 1 aliphatic rings. The standard InChI is InChI=1S/C13H17FN2O4S/c1-15(7-6-13(17)20-2)21(18,19)16-8-5-10-3-4-11(14)9-12(10)16/h3-4,9H,5-8H2,1-2H3. The maximum Gasteiger partial charge on any atom is 0.306 e. The van der Waals surface area contributed by atoms with Gasteiger partial charge in [0.05, 0.1) is 19.2 Å². The summed E-state index contributed by atoms with van der Waals surface area (Å²) < 4.78 is 45.0. The molecule has 0 unspecified atom stereocenters. The minimum Gasteiger partial charge on any atom is -0.469 e. The van der Waals surface area contributed by atoms with Gasteiger partial charge in [0.15, 0.2) is 0 Å². The van der Waals surface area contributed by atoms with Crippen LogP contribution in [0.4, 0.5) is 10.1 Å². The van der Waals surface area contributed by atoms with Gasteiger partial charge in [0.2, 0.25) is 0 Å². The third-order valence-corrected chi connectivity index (χ3v) is 5.34. The van der Waals surface area contributed by atoms with Crippen molar-refractivity contribution in [3.05, 3.63) is 29.6 Å². The van der Waals surface area contributed by atoms with E-state index >= 15 is 0 Å². The SMILES string of the molecule is COC(=O)CCN(C)S(=O)(=O)N1CCc2ccc(F)cc21. The van der Waals surface area contributed by atoms with Crippen LogP contribution in [0.2, 0.25) is 0 Å².